The minimum atomic E-state index is -0.337. The van der Waals surface area contributed by atoms with E-state index in [1.165, 1.54) is 12.1 Å². The molecule has 0 fully saturated rings. The third kappa shape index (κ3) is 3.35. The highest BCUT2D eigenvalue weighted by Gasteiger charge is 2.32. The zero-order valence-corrected chi connectivity index (χ0v) is 17.3. The quantitative estimate of drug-likeness (QED) is 0.367. The Bertz CT molecular complexity index is 935. The van der Waals surface area contributed by atoms with Gasteiger partial charge in [-0.25, -0.2) is 0 Å². The fourth-order valence-electron chi connectivity index (χ4n) is 2.90. The number of nitrogens with one attached hydrogen (secondary N) is 1. The van der Waals surface area contributed by atoms with Crippen LogP contribution in [-0.4, -0.2) is 17.4 Å². The second-order valence-electron chi connectivity index (χ2n) is 5.79. The summed E-state index contributed by atoms with van der Waals surface area (Å²) in [6, 6.07) is 6.30. The van der Waals surface area contributed by atoms with Crippen molar-refractivity contribution in [3.63, 3.8) is 0 Å². The van der Waals surface area contributed by atoms with Gasteiger partial charge in [-0.15, -0.1) is 0 Å². The molecular weight excluding hydrogens is 436 g/mol. The number of carbonyl (C=O) groups is 1. The van der Waals surface area contributed by atoms with Gasteiger partial charge in [0.05, 0.1) is 44.6 Å². The molecule has 136 valence electrons. The van der Waals surface area contributed by atoms with Gasteiger partial charge in [0.1, 0.15) is 0 Å². The van der Waals surface area contributed by atoms with Gasteiger partial charge < -0.3 is 16.0 Å². The molecule has 0 bridgehead atoms. The van der Waals surface area contributed by atoms with Crippen molar-refractivity contribution in [2.24, 2.45) is 0 Å². The highest BCUT2D eigenvalue weighted by Crippen LogP contribution is 2.41. The molecule has 3 rings (SSSR count). The number of benzene rings is 2. The van der Waals surface area contributed by atoms with E-state index in [1.54, 1.807) is 17.0 Å². The number of nitrogens with zero attached hydrogens (tertiary/aromatic N) is 1. The first kappa shape index (κ1) is 19.5. The predicted octanol–water partition coefficient (Wildman–Crippen LogP) is 5.52. The molecular formula is C17H13Cl4N3OS. The number of hydrogen-bond acceptors (Lipinski definition) is 3. The van der Waals surface area contributed by atoms with Crippen molar-refractivity contribution in [3.8, 4) is 0 Å². The van der Waals surface area contributed by atoms with Crippen LogP contribution in [-0.2, 0) is 0 Å². The van der Waals surface area contributed by atoms with Gasteiger partial charge in [-0.05, 0) is 43.4 Å². The second kappa shape index (κ2) is 7.41. The van der Waals surface area contributed by atoms with Gasteiger partial charge in [-0.3, -0.25) is 4.79 Å². The van der Waals surface area contributed by atoms with Gasteiger partial charge in [-0.1, -0.05) is 46.4 Å². The predicted molar refractivity (Wildman–Crippen MR) is 113 cm³/mol. The van der Waals surface area contributed by atoms with E-state index in [0.717, 1.165) is 5.56 Å². The molecule has 1 aliphatic heterocycles. The molecule has 2 aromatic rings. The molecule has 1 atom stereocenters. The molecule has 0 saturated carbocycles. The maximum absolute atomic E-state index is 12.9. The first-order valence-corrected chi connectivity index (χ1v) is 9.47. The zero-order valence-electron chi connectivity index (χ0n) is 13.4. The van der Waals surface area contributed by atoms with Crippen LogP contribution in [0.4, 0.5) is 11.4 Å². The number of carbonyl (C=O) groups excluding carboxylic acids is 1. The zero-order chi connectivity index (χ0) is 19.2. The summed E-state index contributed by atoms with van der Waals surface area (Å²) < 4.78 is 0. The van der Waals surface area contributed by atoms with Crippen LogP contribution < -0.4 is 16.0 Å². The molecule has 0 aliphatic carbocycles. The number of hydrogen-bond donors (Lipinski definition) is 2. The normalized spacial score (nSPS) is 16.3. The molecule has 0 spiro atoms. The summed E-state index contributed by atoms with van der Waals surface area (Å²) in [6.45, 7) is 1.80. The minimum Gasteiger partial charge on any atom is -0.397 e. The molecule has 1 unspecified atom stereocenters. The van der Waals surface area contributed by atoms with E-state index in [4.69, 9.17) is 64.4 Å². The Kier molecular flexibility index (Phi) is 5.56. The summed E-state index contributed by atoms with van der Waals surface area (Å²) in [5.74, 6) is -0.337. The van der Waals surface area contributed by atoms with E-state index in [1.807, 2.05) is 6.92 Å². The number of fused-ring (bicyclic) bond motifs is 1. The van der Waals surface area contributed by atoms with Crippen molar-refractivity contribution in [1.82, 2.24) is 5.32 Å². The van der Waals surface area contributed by atoms with Crippen LogP contribution in [0.2, 0.25) is 20.1 Å². The van der Waals surface area contributed by atoms with E-state index in [-0.39, 0.29) is 39.7 Å². The van der Waals surface area contributed by atoms with Crippen molar-refractivity contribution in [3.05, 3.63) is 55.5 Å². The van der Waals surface area contributed by atoms with Gasteiger partial charge in [-0.2, -0.15) is 0 Å². The molecule has 1 aliphatic rings. The van der Waals surface area contributed by atoms with Crippen LogP contribution in [0, 0.1) is 0 Å². The number of halogens is 4. The molecule has 3 N–H and O–H groups in total. The molecule has 1 heterocycles. The van der Waals surface area contributed by atoms with Crippen LogP contribution in [0.25, 0.3) is 0 Å². The lowest BCUT2D eigenvalue weighted by molar-refractivity contribution is 0.100. The van der Waals surface area contributed by atoms with Gasteiger partial charge in [0.15, 0.2) is 10.9 Å². The standard InChI is InChI=1S/C17H13Cl4N3OS/c1-7-13-8(18)3-5-11(21)16(13)24(17(26)23-7)6-12(25)14-9(19)2-4-10(20)15(14)22/h2-5,7H,6,22H2,1H3,(H,23,26). The van der Waals surface area contributed by atoms with E-state index in [0.29, 0.717) is 20.8 Å². The largest absolute Gasteiger partial charge is 0.397 e. The summed E-state index contributed by atoms with van der Waals surface area (Å²) in [6.07, 6.45) is 0. The molecule has 0 aromatic heterocycles. The SMILES string of the molecule is CC1NC(=S)N(CC(=O)c2c(Cl)ccc(Cl)c2N)c2c(Cl)ccc(Cl)c21. The number of ketones is 1. The van der Waals surface area contributed by atoms with E-state index in [2.05, 4.69) is 5.32 Å². The fraction of sp³-hybridized carbons (Fsp3) is 0.176. The van der Waals surface area contributed by atoms with E-state index >= 15 is 0 Å². The maximum atomic E-state index is 12.9. The molecule has 9 heteroatoms. The molecule has 0 saturated heterocycles. The number of Topliss-reactive ketones (excluding diaryl/α,β-unsaturated/α-hetero) is 1. The van der Waals surface area contributed by atoms with E-state index in [9.17, 15) is 4.79 Å². The average Bonchev–Trinajstić information content (AvgIpc) is 2.57. The van der Waals surface area contributed by atoms with Crippen molar-refractivity contribution in [2.45, 2.75) is 13.0 Å². The highest BCUT2D eigenvalue weighted by molar-refractivity contribution is 7.80. The first-order chi connectivity index (χ1) is 12.2. The van der Waals surface area contributed by atoms with E-state index < -0.39 is 0 Å². The minimum absolute atomic E-state index is 0.115. The van der Waals surface area contributed by atoms with Crippen molar-refractivity contribution < 1.29 is 4.79 Å². The van der Waals surface area contributed by atoms with Crippen molar-refractivity contribution >= 4 is 80.9 Å². The Balaban J connectivity index is 2.05. The smallest absolute Gasteiger partial charge is 0.186 e. The molecule has 0 amide bonds. The fourth-order valence-corrected chi connectivity index (χ4v) is 4.25. The van der Waals surface area contributed by atoms with Gasteiger partial charge in [0.25, 0.3) is 0 Å². The molecule has 0 radical (unpaired) electrons. The number of nitrogen functional groups attached to an aromatic ring is 1. The topological polar surface area (TPSA) is 58.4 Å². The number of thiocarbonyl (C=S) groups is 1. The summed E-state index contributed by atoms with van der Waals surface area (Å²) in [5, 5.41) is 4.94. The molecule has 2 aromatic carbocycles. The van der Waals surface area contributed by atoms with Gasteiger partial charge in [0.2, 0.25) is 0 Å². The summed E-state index contributed by atoms with van der Waals surface area (Å²) in [7, 11) is 0. The highest BCUT2D eigenvalue weighted by atomic mass is 35.5. The van der Waals surface area contributed by atoms with Crippen molar-refractivity contribution in [1.29, 1.82) is 0 Å². The first-order valence-electron chi connectivity index (χ1n) is 7.55. The summed E-state index contributed by atoms with van der Waals surface area (Å²) in [5.41, 5.74) is 7.59. The lowest BCUT2D eigenvalue weighted by Crippen LogP contribution is -2.48. The summed E-state index contributed by atoms with van der Waals surface area (Å²) in [4.78, 5) is 14.5. The third-order valence-corrected chi connectivity index (χ3v) is 5.74. The monoisotopic (exact) mass is 447 g/mol. The number of anilines is 2. The second-order valence-corrected chi connectivity index (χ2v) is 7.81. The summed E-state index contributed by atoms with van der Waals surface area (Å²) >= 11 is 30.3. The van der Waals surface area contributed by atoms with Crippen LogP contribution in [0.1, 0.15) is 28.9 Å². The van der Waals surface area contributed by atoms with Gasteiger partial charge in [0, 0.05) is 10.6 Å². The molecule has 4 nitrogen and oxygen atoms in total. The van der Waals surface area contributed by atoms with Gasteiger partial charge >= 0.3 is 0 Å². The Morgan fingerprint density at radius 2 is 1.69 bits per heavy atom. The lowest BCUT2D eigenvalue weighted by Gasteiger charge is -2.37. The maximum Gasteiger partial charge on any atom is 0.186 e. The number of nitrogens with two attached hydrogens (primary N) is 1. The third-order valence-electron chi connectivity index (χ3n) is 4.12. The Morgan fingerprint density at radius 1 is 1.12 bits per heavy atom. The Hall–Kier alpha value is -1.24. The lowest BCUT2D eigenvalue weighted by atomic mass is 10.0. The molecule has 26 heavy (non-hydrogen) atoms. The van der Waals surface area contributed by atoms with Crippen molar-refractivity contribution in [2.75, 3.05) is 17.2 Å². The number of rotatable bonds is 3. The Labute approximate surface area is 176 Å². The Morgan fingerprint density at radius 3 is 2.38 bits per heavy atom. The van der Waals surface area contributed by atoms with Crippen LogP contribution in [0.3, 0.4) is 0 Å². The van der Waals surface area contributed by atoms with Crippen LogP contribution >= 0.6 is 58.6 Å². The van der Waals surface area contributed by atoms with Crippen LogP contribution in [0.5, 0.6) is 0 Å². The van der Waals surface area contributed by atoms with Crippen LogP contribution in [0.15, 0.2) is 24.3 Å². The average molecular weight is 449 g/mol.